The first-order chi connectivity index (χ1) is 21.2. The molecular weight excluding hydrogens is 587 g/mol. The van der Waals surface area contributed by atoms with Crippen LogP contribution < -0.4 is 4.74 Å². The summed E-state index contributed by atoms with van der Waals surface area (Å²) in [6.07, 6.45) is -3.66. The molecule has 2 saturated heterocycles. The molecule has 2 aliphatic heterocycles. The van der Waals surface area contributed by atoms with Gasteiger partial charge in [0.05, 0.1) is 38.0 Å². The normalized spacial score (nSPS) is 24.8. The zero-order chi connectivity index (χ0) is 33.1. The summed E-state index contributed by atoms with van der Waals surface area (Å²) in [5.41, 5.74) is 0.793. The van der Waals surface area contributed by atoms with Gasteiger partial charge in [-0.1, -0.05) is 52.0 Å². The third-order valence-electron chi connectivity index (χ3n) is 8.98. The Morgan fingerprint density at radius 1 is 1.09 bits per heavy atom. The number of alkyl halides is 3. The fourth-order valence-electron chi connectivity index (χ4n) is 6.79. The van der Waals surface area contributed by atoms with Gasteiger partial charge >= 0.3 is 12.1 Å². The van der Waals surface area contributed by atoms with Crippen molar-refractivity contribution < 1.29 is 41.7 Å². The summed E-state index contributed by atoms with van der Waals surface area (Å²) in [6, 6.07) is 9.47. The van der Waals surface area contributed by atoms with Crippen LogP contribution >= 0.6 is 0 Å². The molecule has 2 aliphatic rings. The second kappa shape index (κ2) is 14.1. The van der Waals surface area contributed by atoms with Gasteiger partial charge in [0.25, 0.3) is 5.91 Å². The Hall–Kier alpha value is -3.11. The maximum absolute atomic E-state index is 14.4. The van der Waals surface area contributed by atoms with E-state index >= 15 is 0 Å². The number of carbonyl (C=O) groups is 2. The Bertz CT molecular complexity index is 1330. The number of carbonyl (C=O) groups excluding carboxylic acids is 2. The van der Waals surface area contributed by atoms with Crippen LogP contribution in [-0.2, 0) is 30.0 Å². The van der Waals surface area contributed by atoms with Crippen molar-refractivity contribution in [1.29, 1.82) is 0 Å². The molecule has 0 N–H and O–H groups in total. The summed E-state index contributed by atoms with van der Waals surface area (Å²) in [6.45, 7) is 12.1. The molecule has 6 atom stereocenters. The fraction of sp³-hybridized carbons (Fsp3) is 0.600. The van der Waals surface area contributed by atoms with Crippen LogP contribution in [0, 0.1) is 18.3 Å². The van der Waals surface area contributed by atoms with E-state index in [0.29, 0.717) is 24.3 Å². The van der Waals surface area contributed by atoms with Gasteiger partial charge in [-0.05, 0) is 73.4 Å². The van der Waals surface area contributed by atoms with Crippen LogP contribution in [-0.4, -0.2) is 62.0 Å². The first-order valence-electron chi connectivity index (χ1n) is 15.7. The maximum Gasteiger partial charge on any atom is 0.416 e. The second-order valence-electron chi connectivity index (χ2n) is 13.1. The van der Waals surface area contributed by atoms with Crippen molar-refractivity contribution in [2.45, 2.75) is 97.2 Å². The van der Waals surface area contributed by atoms with E-state index in [1.54, 1.807) is 18.7 Å². The van der Waals surface area contributed by atoms with E-state index in [1.807, 2.05) is 52.0 Å². The van der Waals surface area contributed by atoms with E-state index in [0.717, 1.165) is 36.1 Å². The molecule has 10 heteroatoms. The first-order valence-corrected chi connectivity index (χ1v) is 15.7. The predicted molar refractivity (Wildman–Crippen MR) is 164 cm³/mol. The molecule has 0 bridgehead atoms. The maximum atomic E-state index is 14.4. The fourth-order valence-corrected chi connectivity index (χ4v) is 6.79. The zero-order valence-electron chi connectivity index (χ0n) is 27.3. The molecule has 4 rings (SSSR count). The molecule has 2 heterocycles. The lowest BCUT2D eigenvalue weighted by Crippen LogP contribution is -2.51. The van der Waals surface area contributed by atoms with Crippen LogP contribution in [0.4, 0.5) is 13.2 Å². The quantitative estimate of drug-likeness (QED) is 0.271. The lowest BCUT2D eigenvalue weighted by atomic mass is 9.73. The highest BCUT2D eigenvalue weighted by Crippen LogP contribution is 2.51. The first kappa shape index (κ1) is 34.8. The minimum Gasteiger partial charge on any atom is -0.496 e. The van der Waals surface area contributed by atoms with Crippen LogP contribution in [0.5, 0.6) is 5.75 Å². The summed E-state index contributed by atoms with van der Waals surface area (Å²) < 4.78 is 64.7. The Balaban J connectivity index is 1.82. The average molecular weight is 634 g/mol. The van der Waals surface area contributed by atoms with Crippen molar-refractivity contribution in [3.8, 4) is 5.75 Å². The lowest BCUT2D eigenvalue weighted by molar-refractivity contribution is -0.162. The number of hydrogen-bond acceptors (Lipinski definition) is 6. The van der Waals surface area contributed by atoms with Crippen LogP contribution in [0.1, 0.15) is 88.1 Å². The average Bonchev–Trinajstić information content (AvgIpc) is 3.35. The smallest absolute Gasteiger partial charge is 0.416 e. The third-order valence-corrected chi connectivity index (χ3v) is 8.98. The third kappa shape index (κ3) is 7.49. The van der Waals surface area contributed by atoms with Crippen LogP contribution in [0.15, 0.2) is 42.5 Å². The highest BCUT2D eigenvalue weighted by Gasteiger charge is 2.60. The number of halogens is 3. The number of esters is 1. The van der Waals surface area contributed by atoms with Gasteiger partial charge < -0.3 is 23.8 Å². The number of nitrogens with zero attached hydrogens (tertiary/aromatic N) is 1. The van der Waals surface area contributed by atoms with Crippen molar-refractivity contribution in [1.82, 2.24) is 4.90 Å². The van der Waals surface area contributed by atoms with E-state index in [-0.39, 0.29) is 19.1 Å². The number of amides is 1. The topological polar surface area (TPSA) is 74.3 Å². The minimum absolute atomic E-state index is 0.0226. The Kier molecular flexibility index (Phi) is 10.9. The van der Waals surface area contributed by atoms with E-state index in [9.17, 15) is 22.8 Å². The molecule has 45 heavy (non-hydrogen) atoms. The molecule has 7 nitrogen and oxygen atoms in total. The van der Waals surface area contributed by atoms with Crippen molar-refractivity contribution >= 4 is 11.9 Å². The monoisotopic (exact) mass is 633 g/mol. The molecule has 1 amide bonds. The zero-order valence-corrected chi connectivity index (χ0v) is 27.3. The molecule has 0 spiro atoms. The van der Waals surface area contributed by atoms with E-state index in [2.05, 4.69) is 0 Å². The number of rotatable bonds is 9. The molecule has 0 aromatic heterocycles. The van der Waals surface area contributed by atoms with Crippen molar-refractivity contribution in [3.05, 3.63) is 64.7 Å². The number of ether oxygens (including phenoxy) is 4. The summed E-state index contributed by atoms with van der Waals surface area (Å²) in [5.74, 6) is -1.49. The molecule has 2 fully saturated rings. The molecule has 248 valence electrons. The molecule has 0 aliphatic carbocycles. The minimum atomic E-state index is -4.52. The van der Waals surface area contributed by atoms with Crippen LogP contribution in [0.2, 0.25) is 0 Å². The van der Waals surface area contributed by atoms with Gasteiger partial charge in [-0.2, -0.15) is 13.2 Å². The molecular formula is C35H46F3NO6. The Morgan fingerprint density at radius 2 is 1.80 bits per heavy atom. The largest absolute Gasteiger partial charge is 0.496 e. The summed E-state index contributed by atoms with van der Waals surface area (Å²) in [5, 5.41) is 0. The Morgan fingerprint density at radius 3 is 2.38 bits per heavy atom. The lowest BCUT2D eigenvalue weighted by Gasteiger charge is -2.36. The number of aryl methyl sites for hydroxylation is 1. The SMILES string of the molecule is CCOC(=O)[C@@H]1[C@@H](C(C)(C)C)[C@H](OC[C@H](C)c2cc(C(F)(F)F)ccc2OC)[C@H](c2ccccc2C)N1C(=O)[C@@H]1CCCCO1. The van der Waals surface area contributed by atoms with E-state index in [1.165, 1.54) is 13.2 Å². The van der Waals surface area contributed by atoms with Crippen molar-refractivity contribution in [3.63, 3.8) is 0 Å². The number of likely N-dealkylation sites (tertiary alicyclic amines) is 1. The van der Waals surface area contributed by atoms with Gasteiger partial charge in [0, 0.05) is 18.4 Å². The highest BCUT2D eigenvalue weighted by molar-refractivity contribution is 5.89. The number of methoxy groups -OCH3 is 1. The van der Waals surface area contributed by atoms with Gasteiger partial charge in [-0.3, -0.25) is 4.79 Å². The summed E-state index contributed by atoms with van der Waals surface area (Å²) in [7, 11) is 1.42. The molecule has 2 aromatic carbocycles. The molecule has 2 aromatic rings. The molecule has 0 radical (unpaired) electrons. The number of benzene rings is 2. The van der Waals surface area contributed by atoms with Crippen molar-refractivity contribution in [2.24, 2.45) is 11.3 Å². The van der Waals surface area contributed by atoms with Crippen LogP contribution in [0.25, 0.3) is 0 Å². The van der Waals surface area contributed by atoms with Gasteiger partial charge in [0.2, 0.25) is 0 Å². The second-order valence-corrected chi connectivity index (χ2v) is 13.1. The van der Waals surface area contributed by atoms with E-state index in [4.69, 9.17) is 18.9 Å². The van der Waals surface area contributed by atoms with Gasteiger partial charge in [0.15, 0.2) is 0 Å². The van der Waals surface area contributed by atoms with E-state index < -0.39 is 59.3 Å². The van der Waals surface area contributed by atoms with Crippen LogP contribution in [0.3, 0.4) is 0 Å². The van der Waals surface area contributed by atoms with Gasteiger partial charge in [-0.15, -0.1) is 0 Å². The molecule has 0 unspecified atom stereocenters. The van der Waals surface area contributed by atoms with Crippen molar-refractivity contribution in [2.75, 3.05) is 26.9 Å². The standard InChI is InChI=1S/C35H46F3NO6/c1-8-43-33(41)30-28(34(4,5)6)31(45-20-22(3)25-19-23(35(36,37)38)16-17-26(25)42-7)29(24-14-10-9-13-21(24)2)39(30)32(40)27-15-11-12-18-44-27/h9-10,13-14,16-17,19,22,27-31H,8,11-12,15,18,20H2,1-7H3/t22-,27-,28+,29-,30-,31-/m0/s1. The number of hydrogen-bond donors (Lipinski definition) is 0. The van der Waals surface area contributed by atoms with Gasteiger partial charge in [0.1, 0.15) is 17.9 Å². The summed E-state index contributed by atoms with van der Waals surface area (Å²) in [4.78, 5) is 29.9. The molecule has 0 saturated carbocycles. The highest BCUT2D eigenvalue weighted by atomic mass is 19.4. The summed E-state index contributed by atoms with van der Waals surface area (Å²) >= 11 is 0. The Labute approximate surface area is 264 Å². The van der Waals surface area contributed by atoms with Gasteiger partial charge in [-0.25, -0.2) is 4.79 Å². The predicted octanol–water partition coefficient (Wildman–Crippen LogP) is 7.26.